The molecule has 1 aliphatic carbocycles. The second-order valence-electron chi connectivity index (χ2n) is 13.9. The lowest BCUT2D eigenvalue weighted by Gasteiger charge is -2.20. The van der Waals surface area contributed by atoms with Crippen molar-refractivity contribution in [1.82, 2.24) is 4.57 Å². The Balaban J connectivity index is 1.18. The average molecular weight is 675 g/mol. The molecule has 0 spiro atoms. The molecule has 3 nitrogen and oxygen atoms in total. The maximum atomic E-state index is 9.80. The number of furan rings is 1. The average Bonchev–Trinajstić information content (AvgIpc) is 3.89. The van der Waals surface area contributed by atoms with Crippen LogP contribution >= 0.6 is 0 Å². The quantitative estimate of drug-likeness (QED) is 0.186. The van der Waals surface area contributed by atoms with E-state index < -0.39 is 0 Å². The van der Waals surface area contributed by atoms with Crippen molar-refractivity contribution in [2.45, 2.75) is 5.92 Å². The standard InChI is InChI=1S/C50H30N2O/c51-30-34-11-1-2-12-35(34)31-21-23-32(24-22-31)36-26-25-33(29-46(36)52-44-18-8-5-14-38(44)39-15-6-9-19-45(39)52)48-41-17-4-3-13-37(41)42-27-28-43-40-16-7-10-20-47(40)53-50(43)49(42)48/h1-29,48H. The summed E-state index contributed by atoms with van der Waals surface area (Å²) in [5.74, 6) is -0.0174. The van der Waals surface area contributed by atoms with Gasteiger partial charge in [-0.3, -0.25) is 0 Å². The van der Waals surface area contributed by atoms with E-state index in [-0.39, 0.29) is 5.92 Å². The molecule has 0 fully saturated rings. The van der Waals surface area contributed by atoms with Crippen LogP contribution in [-0.2, 0) is 0 Å². The molecule has 0 amide bonds. The molecule has 246 valence electrons. The third-order valence-electron chi connectivity index (χ3n) is 11.2. The topological polar surface area (TPSA) is 41.9 Å². The van der Waals surface area contributed by atoms with Gasteiger partial charge in [-0.25, -0.2) is 0 Å². The molecule has 10 aromatic rings. The van der Waals surface area contributed by atoms with Gasteiger partial charge in [0.05, 0.1) is 28.4 Å². The minimum absolute atomic E-state index is 0.0174. The summed E-state index contributed by atoms with van der Waals surface area (Å²) in [5, 5.41) is 14.5. The Labute approximate surface area is 306 Å². The zero-order valence-corrected chi connectivity index (χ0v) is 28.6. The van der Waals surface area contributed by atoms with Gasteiger partial charge in [-0.05, 0) is 75.3 Å². The van der Waals surface area contributed by atoms with Crippen molar-refractivity contribution in [2.24, 2.45) is 0 Å². The monoisotopic (exact) mass is 674 g/mol. The van der Waals surface area contributed by atoms with Crippen LogP contribution in [0.4, 0.5) is 0 Å². The summed E-state index contributed by atoms with van der Waals surface area (Å²) in [6.45, 7) is 0. The molecule has 8 aromatic carbocycles. The van der Waals surface area contributed by atoms with Crippen molar-refractivity contribution in [3.8, 4) is 45.1 Å². The summed E-state index contributed by atoms with van der Waals surface area (Å²) in [7, 11) is 0. The molecule has 0 radical (unpaired) electrons. The largest absolute Gasteiger partial charge is 0.456 e. The first-order valence-corrected chi connectivity index (χ1v) is 18.0. The van der Waals surface area contributed by atoms with Crippen molar-refractivity contribution >= 4 is 43.7 Å². The van der Waals surface area contributed by atoms with Gasteiger partial charge in [0, 0.05) is 38.6 Å². The fourth-order valence-electron chi connectivity index (χ4n) is 8.83. The molecule has 0 N–H and O–H groups in total. The second-order valence-corrected chi connectivity index (χ2v) is 13.9. The predicted octanol–water partition coefficient (Wildman–Crippen LogP) is 13.0. The maximum Gasteiger partial charge on any atom is 0.140 e. The zero-order valence-electron chi connectivity index (χ0n) is 28.6. The highest BCUT2D eigenvalue weighted by Crippen LogP contribution is 2.52. The Morgan fingerprint density at radius 1 is 0.491 bits per heavy atom. The Bertz CT molecular complexity index is 3080. The second kappa shape index (κ2) is 11.4. The van der Waals surface area contributed by atoms with Crippen LogP contribution in [0.2, 0.25) is 0 Å². The van der Waals surface area contributed by atoms with Gasteiger partial charge in [0.1, 0.15) is 11.2 Å². The summed E-state index contributed by atoms with van der Waals surface area (Å²) in [6, 6.07) is 64.9. The van der Waals surface area contributed by atoms with Crippen molar-refractivity contribution in [3.05, 3.63) is 198 Å². The van der Waals surface area contributed by atoms with Crippen LogP contribution < -0.4 is 0 Å². The number of nitriles is 1. The van der Waals surface area contributed by atoms with E-state index in [4.69, 9.17) is 4.42 Å². The van der Waals surface area contributed by atoms with Crippen LogP contribution in [0.25, 0.3) is 82.8 Å². The zero-order chi connectivity index (χ0) is 35.0. The van der Waals surface area contributed by atoms with E-state index in [0.717, 1.165) is 49.9 Å². The van der Waals surface area contributed by atoms with Gasteiger partial charge in [-0.1, -0.05) is 140 Å². The third kappa shape index (κ3) is 4.33. The van der Waals surface area contributed by atoms with E-state index in [0.29, 0.717) is 5.56 Å². The van der Waals surface area contributed by atoms with Gasteiger partial charge in [-0.2, -0.15) is 5.26 Å². The number of para-hydroxylation sites is 3. The van der Waals surface area contributed by atoms with Gasteiger partial charge in [0.15, 0.2) is 0 Å². The lowest BCUT2D eigenvalue weighted by molar-refractivity contribution is 0.662. The summed E-state index contributed by atoms with van der Waals surface area (Å²) < 4.78 is 9.16. The molecule has 2 aromatic heterocycles. The van der Waals surface area contributed by atoms with Crippen molar-refractivity contribution in [3.63, 3.8) is 0 Å². The molecular weight excluding hydrogens is 645 g/mol. The number of hydrogen-bond acceptors (Lipinski definition) is 2. The molecule has 2 heterocycles. The van der Waals surface area contributed by atoms with E-state index >= 15 is 0 Å². The molecule has 0 saturated carbocycles. The molecule has 0 saturated heterocycles. The molecule has 3 heteroatoms. The first kappa shape index (κ1) is 29.6. The molecule has 1 atom stereocenters. The van der Waals surface area contributed by atoms with E-state index in [9.17, 15) is 5.26 Å². The highest BCUT2D eigenvalue weighted by atomic mass is 16.3. The van der Waals surface area contributed by atoms with Gasteiger partial charge >= 0.3 is 0 Å². The van der Waals surface area contributed by atoms with E-state index in [2.05, 4.69) is 156 Å². The Hall–Kier alpha value is -7.15. The summed E-state index contributed by atoms with van der Waals surface area (Å²) >= 11 is 0. The van der Waals surface area contributed by atoms with Gasteiger partial charge in [0.25, 0.3) is 0 Å². The fourth-order valence-corrected chi connectivity index (χ4v) is 8.83. The fraction of sp³-hybridized carbons (Fsp3) is 0.0200. The number of aromatic nitrogens is 1. The number of rotatable bonds is 4. The smallest absolute Gasteiger partial charge is 0.140 e. The van der Waals surface area contributed by atoms with Crippen molar-refractivity contribution in [1.29, 1.82) is 5.26 Å². The van der Waals surface area contributed by atoms with Crippen LogP contribution in [0, 0.1) is 11.3 Å². The van der Waals surface area contributed by atoms with Crippen LogP contribution in [-0.4, -0.2) is 4.57 Å². The highest BCUT2D eigenvalue weighted by molar-refractivity contribution is 6.11. The van der Waals surface area contributed by atoms with Crippen LogP contribution in [0.3, 0.4) is 0 Å². The van der Waals surface area contributed by atoms with Crippen molar-refractivity contribution in [2.75, 3.05) is 0 Å². The Kier molecular flexibility index (Phi) is 6.38. The summed E-state index contributed by atoms with van der Waals surface area (Å²) in [5.41, 5.74) is 16.4. The Morgan fingerprint density at radius 3 is 1.85 bits per heavy atom. The number of nitrogens with zero attached hydrogens (tertiary/aromatic N) is 2. The molecule has 1 unspecified atom stereocenters. The molecule has 0 aliphatic heterocycles. The molecule has 1 aliphatic rings. The van der Waals surface area contributed by atoms with E-state index in [1.54, 1.807) is 0 Å². The minimum Gasteiger partial charge on any atom is -0.456 e. The first-order chi connectivity index (χ1) is 26.3. The summed E-state index contributed by atoms with van der Waals surface area (Å²) in [4.78, 5) is 0. The lowest BCUT2D eigenvalue weighted by atomic mass is 9.86. The predicted molar refractivity (Wildman–Crippen MR) is 216 cm³/mol. The van der Waals surface area contributed by atoms with Crippen LogP contribution in [0.15, 0.2) is 180 Å². The number of benzene rings is 8. The number of fused-ring (bicyclic) bond motifs is 10. The molecular formula is C50H30N2O. The first-order valence-electron chi connectivity index (χ1n) is 18.0. The molecule has 0 bridgehead atoms. The summed E-state index contributed by atoms with van der Waals surface area (Å²) in [6.07, 6.45) is 0. The Morgan fingerprint density at radius 2 is 1.09 bits per heavy atom. The molecule has 53 heavy (non-hydrogen) atoms. The number of hydrogen-bond donors (Lipinski definition) is 0. The van der Waals surface area contributed by atoms with Gasteiger partial charge in [0.2, 0.25) is 0 Å². The van der Waals surface area contributed by atoms with Crippen molar-refractivity contribution < 1.29 is 4.42 Å². The minimum atomic E-state index is -0.0174. The lowest BCUT2D eigenvalue weighted by Crippen LogP contribution is -2.04. The van der Waals surface area contributed by atoms with E-state index in [1.807, 2.05) is 30.3 Å². The SMILES string of the molecule is N#Cc1ccccc1-c1ccc(-c2ccc(C3c4ccccc4-c4ccc5c(oc6ccccc65)c43)cc2-n2c3ccccc3c3ccccc32)cc1. The normalized spacial score (nSPS) is 13.5. The third-order valence-corrected chi connectivity index (χ3v) is 11.2. The van der Waals surface area contributed by atoms with Gasteiger partial charge < -0.3 is 8.98 Å². The maximum absolute atomic E-state index is 9.80. The van der Waals surface area contributed by atoms with Gasteiger partial charge in [-0.15, -0.1) is 0 Å². The van der Waals surface area contributed by atoms with Crippen LogP contribution in [0.5, 0.6) is 0 Å². The highest BCUT2D eigenvalue weighted by Gasteiger charge is 2.34. The van der Waals surface area contributed by atoms with Crippen LogP contribution in [0.1, 0.15) is 28.2 Å². The van der Waals surface area contributed by atoms with E-state index in [1.165, 1.54) is 49.6 Å². The molecule has 11 rings (SSSR count).